The molecule has 0 aliphatic heterocycles. The van der Waals surface area contributed by atoms with E-state index in [1.54, 1.807) is 0 Å². The van der Waals surface area contributed by atoms with Crippen LogP contribution < -0.4 is 0 Å². The van der Waals surface area contributed by atoms with Crippen LogP contribution >= 0.6 is 0 Å². The van der Waals surface area contributed by atoms with Gasteiger partial charge in [0.15, 0.2) is 0 Å². The highest BCUT2D eigenvalue weighted by molar-refractivity contribution is 5.79. The topological polar surface area (TPSA) is 30.2 Å². The molecular weight excluding hydrogens is 222 g/mol. The minimum Gasteiger partial charge on any atom is -0.280 e. The van der Waals surface area contributed by atoms with Gasteiger partial charge in [0.1, 0.15) is 0 Å². The number of para-hydroxylation sites is 2. The Balaban J connectivity index is 2.14. The number of hydrogen-bond donors (Lipinski definition) is 0. The van der Waals surface area contributed by atoms with Gasteiger partial charge in [-0.25, -0.2) is 9.97 Å². The van der Waals surface area contributed by atoms with Gasteiger partial charge in [-0.05, 0) is 43.4 Å². The lowest BCUT2D eigenvalue weighted by molar-refractivity contribution is 0.707. The van der Waals surface area contributed by atoms with Crippen LogP contribution in [-0.2, 0) is 12.8 Å². The highest BCUT2D eigenvalue weighted by Crippen LogP contribution is 2.24. The number of benzene rings is 1. The summed E-state index contributed by atoms with van der Waals surface area (Å²) in [6, 6.07) is 8.31. The van der Waals surface area contributed by atoms with Crippen molar-refractivity contribution in [2.24, 2.45) is 0 Å². The zero-order valence-corrected chi connectivity index (χ0v) is 10.3. The van der Waals surface area contributed by atoms with Gasteiger partial charge in [0.05, 0.1) is 11.0 Å². The van der Waals surface area contributed by atoms with E-state index in [4.69, 9.17) is 0 Å². The Morgan fingerprint density at radius 1 is 1.00 bits per heavy atom. The molecule has 0 fully saturated rings. The summed E-state index contributed by atoms with van der Waals surface area (Å²) in [4.78, 5) is 9.13. The maximum atomic E-state index is 4.61. The molecule has 0 spiro atoms. The quantitative estimate of drug-likeness (QED) is 0.562. The smallest absolute Gasteiger partial charge is 0.235 e. The van der Waals surface area contributed by atoms with Crippen LogP contribution in [0.25, 0.3) is 16.8 Å². The highest BCUT2D eigenvalue weighted by atomic mass is 15.1. The van der Waals surface area contributed by atoms with Gasteiger partial charge in [-0.2, -0.15) is 0 Å². The van der Waals surface area contributed by atoms with Gasteiger partial charge in [0.25, 0.3) is 0 Å². The number of imidazole rings is 1. The third-order valence-corrected chi connectivity index (χ3v) is 3.88. The van der Waals surface area contributed by atoms with E-state index >= 15 is 0 Å². The lowest BCUT2D eigenvalue weighted by atomic mass is 10.1. The summed E-state index contributed by atoms with van der Waals surface area (Å²) in [5, 5.41) is 0. The van der Waals surface area contributed by atoms with E-state index in [1.807, 2.05) is 12.3 Å². The SMILES string of the molecule is c1ccc2c(c1)nc1ncc3c(n12)CCCCC3. The molecule has 0 atom stereocenters. The third-order valence-electron chi connectivity index (χ3n) is 3.88. The van der Waals surface area contributed by atoms with Crippen molar-refractivity contribution in [1.29, 1.82) is 0 Å². The van der Waals surface area contributed by atoms with Gasteiger partial charge in [-0.1, -0.05) is 18.6 Å². The first kappa shape index (κ1) is 10.1. The van der Waals surface area contributed by atoms with Crippen molar-refractivity contribution < 1.29 is 0 Å². The Hall–Kier alpha value is -1.90. The van der Waals surface area contributed by atoms with Gasteiger partial charge in [-0.3, -0.25) is 4.40 Å². The van der Waals surface area contributed by atoms with Crippen LogP contribution in [0.5, 0.6) is 0 Å². The normalized spacial score (nSPS) is 15.8. The molecule has 90 valence electrons. The second-order valence-electron chi connectivity index (χ2n) is 5.03. The van der Waals surface area contributed by atoms with E-state index in [0.29, 0.717) is 0 Å². The van der Waals surface area contributed by atoms with Crippen molar-refractivity contribution in [2.45, 2.75) is 32.1 Å². The van der Waals surface area contributed by atoms with Gasteiger partial charge < -0.3 is 0 Å². The fourth-order valence-corrected chi connectivity index (χ4v) is 2.99. The molecule has 1 aromatic carbocycles. The Bertz CT molecular complexity index is 727. The number of hydrogen-bond acceptors (Lipinski definition) is 2. The molecule has 18 heavy (non-hydrogen) atoms. The molecule has 2 aromatic heterocycles. The Morgan fingerprint density at radius 2 is 1.89 bits per heavy atom. The summed E-state index contributed by atoms with van der Waals surface area (Å²) in [6.07, 6.45) is 8.22. The minimum absolute atomic E-state index is 0.844. The number of rotatable bonds is 0. The second-order valence-corrected chi connectivity index (χ2v) is 5.03. The third kappa shape index (κ3) is 1.37. The Morgan fingerprint density at radius 3 is 2.89 bits per heavy atom. The zero-order valence-electron chi connectivity index (χ0n) is 10.3. The lowest BCUT2D eigenvalue weighted by Gasteiger charge is -2.08. The van der Waals surface area contributed by atoms with Gasteiger partial charge in [0.2, 0.25) is 5.78 Å². The molecule has 0 amide bonds. The van der Waals surface area contributed by atoms with Crippen LogP contribution in [0.4, 0.5) is 0 Å². The number of aromatic nitrogens is 3. The van der Waals surface area contributed by atoms with Gasteiger partial charge >= 0.3 is 0 Å². The maximum Gasteiger partial charge on any atom is 0.235 e. The second kappa shape index (κ2) is 3.80. The van der Waals surface area contributed by atoms with Gasteiger partial charge in [-0.15, -0.1) is 0 Å². The van der Waals surface area contributed by atoms with Crippen molar-refractivity contribution in [2.75, 3.05) is 0 Å². The van der Waals surface area contributed by atoms with E-state index in [9.17, 15) is 0 Å². The molecule has 3 nitrogen and oxygen atoms in total. The molecule has 3 aromatic rings. The first-order valence-corrected chi connectivity index (χ1v) is 6.67. The van der Waals surface area contributed by atoms with E-state index in [-0.39, 0.29) is 0 Å². The average Bonchev–Trinajstić information content (AvgIpc) is 2.61. The minimum atomic E-state index is 0.844. The van der Waals surface area contributed by atoms with Crippen molar-refractivity contribution in [3.63, 3.8) is 0 Å². The molecule has 1 aliphatic carbocycles. The van der Waals surface area contributed by atoms with Crippen LogP contribution in [0.15, 0.2) is 30.5 Å². The molecule has 0 saturated heterocycles. The number of aryl methyl sites for hydroxylation is 2. The van der Waals surface area contributed by atoms with Crippen LogP contribution in [-0.4, -0.2) is 14.4 Å². The number of fused-ring (bicyclic) bond motifs is 5. The van der Waals surface area contributed by atoms with E-state index in [2.05, 4.69) is 32.6 Å². The van der Waals surface area contributed by atoms with Crippen LogP contribution in [0.2, 0.25) is 0 Å². The molecule has 0 unspecified atom stereocenters. The van der Waals surface area contributed by atoms with E-state index < -0.39 is 0 Å². The monoisotopic (exact) mass is 237 g/mol. The van der Waals surface area contributed by atoms with Crippen LogP contribution in [0, 0.1) is 0 Å². The van der Waals surface area contributed by atoms with E-state index in [1.165, 1.54) is 36.0 Å². The molecule has 4 rings (SSSR count). The van der Waals surface area contributed by atoms with Gasteiger partial charge in [0, 0.05) is 11.9 Å². The van der Waals surface area contributed by atoms with Crippen molar-refractivity contribution in [3.05, 3.63) is 41.7 Å². The molecule has 0 saturated carbocycles. The van der Waals surface area contributed by atoms with Crippen molar-refractivity contribution >= 4 is 16.8 Å². The average molecular weight is 237 g/mol. The van der Waals surface area contributed by atoms with Crippen molar-refractivity contribution in [1.82, 2.24) is 14.4 Å². The lowest BCUT2D eigenvalue weighted by Crippen LogP contribution is -2.02. The summed E-state index contributed by atoms with van der Waals surface area (Å²) in [7, 11) is 0. The first-order valence-electron chi connectivity index (χ1n) is 6.67. The first-order chi connectivity index (χ1) is 8.93. The zero-order chi connectivity index (χ0) is 11.9. The predicted molar refractivity (Wildman–Crippen MR) is 71.8 cm³/mol. The number of nitrogens with zero attached hydrogens (tertiary/aromatic N) is 3. The Kier molecular flexibility index (Phi) is 2.13. The summed E-state index contributed by atoms with van der Waals surface area (Å²) in [5.41, 5.74) is 5.07. The fourth-order valence-electron chi connectivity index (χ4n) is 2.99. The maximum absolute atomic E-state index is 4.61. The summed E-state index contributed by atoms with van der Waals surface area (Å²) in [5.74, 6) is 0.844. The Labute approximate surface area is 105 Å². The van der Waals surface area contributed by atoms with E-state index in [0.717, 1.165) is 24.1 Å². The summed E-state index contributed by atoms with van der Waals surface area (Å²) in [6.45, 7) is 0. The predicted octanol–water partition coefficient (Wildman–Crippen LogP) is 3.15. The van der Waals surface area contributed by atoms with Crippen LogP contribution in [0.1, 0.15) is 30.5 Å². The molecule has 0 bridgehead atoms. The fraction of sp³-hybridized carbons (Fsp3) is 0.333. The van der Waals surface area contributed by atoms with Crippen LogP contribution in [0.3, 0.4) is 0 Å². The highest BCUT2D eigenvalue weighted by Gasteiger charge is 2.15. The van der Waals surface area contributed by atoms with Crippen molar-refractivity contribution in [3.8, 4) is 0 Å². The molecule has 1 aliphatic rings. The molecule has 2 heterocycles. The largest absolute Gasteiger partial charge is 0.280 e. The molecule has 0 radical (unpaired) electrons. The molecule has 0 N–H and O–H groups in total. The standard InChI is InChI=1S/C15H15N3/c1-2-6-11-10-16-15-17-12-7-4-5-9-14(12)18(15)13(11)8-3-1/h4-5,7,9-10H,1-3,6,8H2. The summed E-state index contributed by atoms with van der Waals surface area (Å²) >= 11 is 0. The molecule has 3 heteroatoms. The summed E-state index contributed by atoms with van der Waals surface area (Å²) < 4.78 is 2.26. The molecular formula is C15H15N3.